The molecule has 2 aromatic carbocycles. The quantitative estimate of drug-likeness (QED) is 0.890. The highest BCUT2D eigenvalue weighted by Crippen LogP contribution is 2.31. The van der Waals surface area contributed by atoms with Crippen molar-refractivity contribution >= 4 is 12.4 Å². The molecule has 0 aliphatic heterocycles. The first-order valence-electron chi connectivity index (χ1n) is 6.36. The van der Waals surface area contributed by atoms with Crippen LogP contribution in [-0.4, -0.2) is 18.8 Å². The van der Waals surface area contributed by atoms with Gasteiger partial charge in [0.25, 0.3) is 0 Å². The number of ether oxygens (including phenoxy) is 1. The third kappa shape index (κ3) is 3.73. The fourth-order valence-corrected chi connectivity index (χ4v) is 2.12. The van der Waals surface area contributed by atoms with Crippen LogP contribution in [0.25, 0.3) is 11.1 Å². The second kappa shape index (κ2) is 7.90. The maximum atomic E-state index is 8.97. The smallest absolute Gasteiger partial charge is 0.124 e. The summed E-state index contributed by atoms with van der Waals surface area (Å²) in [5.74, 6) is 0.766. The number of hydrogen-bond donors (Lipinski definition) is 2. The third-order valence-corrected chi connectivity index (χ3v) is 3.18. The summed E-state index contributed by atoms with van der Waals surface area (Å²) >= 11 is 0. The molecule has 0 fully saturated rings. The van der Waals surface area contributed by atoms with Crippen LogP contribution in [0.5, 0.6) is 5.75 Å². The van der Waals surface area contributed by atoms with Crippen molar-refractivity contribution in [2.45, 2.75) is 12.5 Å². The standard InChI is InChI=1S/C16H19NO2.ClH/c1-19-16-11-13(12-5-3-2-4-6-12)7-8-14(16)15(17)9-10-18;/h2-8,11,15,18H,9-10,17H2,1H3;1H. The van der Waals surface area contributed by atoms with E-state index in [1.165, 1.54) is 0 Å². The Kier molecular flexibility index (Phi) is 6.52. The Bertz CT molecular complexity index is 531. The van der Waals surface area contributed by atoms with Crippen molar-refractivity contribution < 1.29 is 9.84 Å². The van der Waals surface area contributed by atoms with Gasteiger partial charge in [-0.2, -0.15) is 0 Å². The van der Waals surface area contributed by atoms with Crippen molar-refractivity contribution in [3.63, 3.8) is 0 Å². The summed E-state index contributed by atoms with van der Waals surface area (Å²) in [5.41, 5.74) is 9.19. The van der Waals surface area contributed by atoms with E-state index < -0.39 is 0 Å². The zero-order chi connectivity index (χ0) is 13.7. The lowest BCUT2D eigenvalue weighted by Crippen LogP contribution is -2.13. The molecule has 0 saturated carbocycles. The number of halogens is 1. The third-order valence-electron chi connectivity index (χ3n) is 3.18. The van der Waals surface area contributed by atoms with Crippen molar-refractivity contribution in [2.75, 3.05) is 13.7 Å². The maximum absolute atomic E-state index is 8.97. The number of aliphatic hydroxyl groups is 1. The first-order valence-corrected chi connectivity index (χ1v) is 6.36. The highest BCUT2D eigenvalue weighted by molar-refractivity contribution is 5.85. The zero-order valence-corrected chi connectivity index (χ0v) is 12.3. The van der Waals surface area contributed by atoms with Gasteiger partial charge in [0, 0.05) is 18.2 Å². The van der Waals surface area contributed by atoms with E-state index in [2.05, 4.69) is 12.1 Å². The molecule has 0 aromatic heterocycles. The topological polar surface area (TPSA) is 55.5 Å². The van der Waals surface area contributed by atoms with Crippen molar-refractivity contribution in [2.24, 2.45) is 5.73 Å². The summed E-state index contributed by atoms with van der Waals surface area (Å²) in [6, 6.07) is 15.9. The Hall–Kier alpha value is -1.55. The van der Waals surface area contributed by atoms with Crippen LogP contribution in [0.15, 0.2) is 48.5 Å². The minimum Gasteiger partial charge on any atom is -0.496 e. The fourth-order valence-electron chi connectivity index (χ4n) is 2.12. The van der Waals surface area contributed by atoms with E-state index in [-0.39, 0.29) is 25.1 Å². The number of rotatable bonds is 5. The van der Waals surface area contributed by atoms with Gasteiger partial charge in [-0.25, -0.2) is 0 Å². The molecule has 0 aliphatic carbocycles. The van der Waals surface area contributed by atoms with Crippen LogP contribution in [0.4, 0.5) is 0 Å². The summed E-state index contributed by atoms with van der Waals surface area (Å²) in [6.07, 6.45) is 0.529. The van der Waals surface area contributed by atoms with Crippen molar-refractivity contribution in [3.05, 3.63) is 54.1 Å². The van der Waals surface area contributed by atoms with E-state index >= 15 is 0 Å². The molecule has 20 heavy (non-hydrogen) atoms. The first kappa shape index (κ1) is 16.5. The number of benzene rings is 2. The highest BCUT2D eigenvalue weighted by Gasteiger charge is 2.12. The minimum absolute atomic E-state index is 0. The van der Waals surface area contributed by atoms with E-state index in [1.54, 1.807) is 7.11 Å². The van der Waals surface area contributed by atoms with Gasteiger partial charge < -0.3 is 15.6 Å². The highest BCUT2D eigenvalue weighted by atomic mass is 35.5. The first-order chi connectivity index (χ1) is 9.26. The van der Waals surface area contributed by atoms with Crippen molar-refractivity contribution in [3.8, 4) is 16.9 Å². The normalized spacial score (nSPS) is 11.6. The van der Waals surface area contributed by atoms with Crippen LogP contribution >= 0.6 is 12.4 Å². The molecule has 0 saturated heterocycles. The lowest BCUT2D eigenvalue weighted by Gasteiger charge is -2.16. The van der Waals surface area contributed by atoms with Gasteiger partial charge in [0.05, 0.1) is 7.11 Å². The minimum atomic E-state index is -0.204. The van der Waals surface area contributed by atoms with Crippen molar-refractivity contribution in [1.29, 1.82) is 0 Å². The van der Waals surface area contributed by atoms with Gasteiger partial charge in [-0.3, -0.25) is 0 Å². The molecular formula is C16H20ClNO2. The molecule has 0 spiro atoms. The molecule has 2 rings (SSSR count). The van der Waals surface area contributed by atoms with E-state index in [1.807, 2.05) is 36.4 Å². The Morgan fingerprint density at radius 2 is 1.80 bits per heavy atom. The fraction of sp³-hybridized carbons (Fsp3) is 0.250. The van der Waals surface area contributed by atoms with E-state index in [0.717, 1.165) is 22.4 Å². The van der Waals surface area contributed by atoms with Gasteiger partial charge in [-0.05, 0) is 23.6 Å². The van der Waals surface area contributed by atoms with E-state index in [9.17, 15) is 0 Å². The molecule has 3 N–H and O–H groups in total. The van der Waals surface area contributed by atoms with Gasteiger partial charge in [-0.15, -0.1) is 12.4 Å². The molecule has 0 radical (unpaired) electrons. The number of hydrogen-bond acceptors (Lipinski definition) is 3. The average Bonchev–Trinajstić information content (AvgIpc) is 2.47. The van der Waals surface area contributed by atoms with Gasteiger partial charge >= 0.3 is 0 Å². The molecule has 0 heterocycles. The Balaban J connectivity index is 0.00000200. The zero-order valence-electron chi connectivity index (χ0n) is 11.5. The second-order valence-corrected chi connectivity index (χ2v) is 4.44. The lowest BCUT2D eigenvalue weighted by molar-refractivity contribution is 0.275. The van der Waals surface area contributed by atoms with Gasteiger partial charge in [-0.1, -0.05) is 42.5 Å². The molecular weight excluding hydrogens is 274 g/mol. The predicted octanol–water partition coefficient (Wildman–Crippen LogP) is 3.17. The Morgan fingerprint density at radius 1 is 1.10 bits per heavy atom. The van der Waals surface area contributed by atoms with Crippen LogP contribution in [0, 0.1) is 0 Å². The summed E-state index contributed by atoms with van der Waals surface area (Å²) in [7, 11) is 1.64. The molecule has 0 bridgehead atoms. The van der Waals surface area contributed by atoms with Crippen molar-refractivity contribution in [1.82, 2.24) is 0 Å². The monoisotopic (exact) mass is 293 g/mol. The molecule has 108 valence electrons. The summed E-state index contributed by atoms with van der Waals surface area (Å²) in [6.45, 7) is 0.0742. The summed E-state index contributed by atoms with van der Waals surface area (Å²) < 4.78 is 5.41. The van der Waals surface area contributed by atoms with Gasteiger partial charge in [0.1, 0.15) is 5.75 Å². The molecule has 0 amide bonds. The van der Waals surface area contributed by atoms with Gasteiger partial charge in [0.2, 0.25) is 0 Å². The number of nitrogens with two attached hydrogens (primary N) is 1. The van der Waals surface area contributed by atoms with Crippen LogP contribution in [0.3, 0.4) is 0 Å². The summed E-state index contributed by atoms with van der Waals surface area (Å²) in [4.78, 5) is 0. The average molecular weight is 294 g/mol. The Labute approximate surface area is 125 Å². The summed E-state index contributed by atoms with van der Waals surface area (Å²) in [5, 5.41) is 8.97. The Morgan fingerprint density at radius 3 is 2.40 bits per heavy atom. The second-order valence-electron chi connectivity index (χ2n) is 4.44. The predicted molar refractivity (Wildman–Crippen MR) is 84.3 cm³/mol. The lowest BCUT2D eigenvalue weighted by atomic mass is 9.98. The molecule has 1 atom stereocenters. The number of aliphatic hydroxyl groups excluding tert-OH is 1. The van der Waals surface area contributed by atoms with Crippen LogP contribution in [0.2, 0.25) is 0 Å². The SMILES string of the molecule is COc1cc(-c2ccccc2)ccc1C(N)CCO.Cl. The van der Waals surface area contributed by atoms with E-state index in [0.29, 0.717) is 6.42 Å². The molecule has 3 nitrogen and oxygen atoms in total. The molecule has 0 aliphatic rings. The van der Waals surface area contributed by atoms with Crippen LogP contribution in [0.1, 0.15) is 18.0 Å². The largest absolute Gasteiger partial charge is 0.496 e. The van der Waals surface area contributed by atoms with Gasteiger partial charge in [0.15, 0.2) is 0 Å². The van der Waals surface area contributed by atoms with Crippen LogP contribution < -0.4 is 10.5 Å². The maximum Gasteiger partial charge on any atom is 0.124 e. The molecule has 2 aromatic rings. The number of methoxy groups -OCH3 is 1. The van der Waals surface area contributed by atoms with E-state index in [4.69, 9.17) is 15.6 Å². The molecule has 4 heteroatoms. The molecule has 1 unspecified atom stereocenters. The van der Waals surface area contributed by atoms with Crippen LogP contribution in [-0.2, 0) is 0 Å².